The molecule has 2 amide bonds. The first-order chi connectivity index (χ1) is 14.8. The fourth-order valence-electron chi connectivity index (χ4n) is 3.00. The highest BCUT2D eigenvalue weighted by molar-refractivity contribution is 14.1. The maximum atomic E-state index is 12.7. The highest BCUT2D eigenvalue weighted by Gasteiger charge is 2.37. The molecule has 0 N–H and O–H groups in total. The average Bonchev–Trinajstić information content (AvgIpc) is 3.01. The molecule has 2 aromatic rings. The number of rotatable bonds is 8. The van der Waals surface area contributed by atoms with Crippen molar-refractivity contribution in [2.75, 3.05) is 6.61 Å². The first kappa shape index (κ1) is 23.9. The molecule has 164 valence electrons. The quantitative estimate of drug-likeness (QED) is 0.259. The summed E-state index contributed by atoms with van der Waals surface area (Å²) in [5.74, 6) is 0.664. The molecule has 0 spiro atoms. The van der Waals surface area contributed by atoms with Gasteiger partial charge in [0, 0.05) is 9.61 Å². The molecule has 1 fully saturated rings. The number of carbonyl (C=O) groups excluding carboxylic acids is 2. The molecular formula is C23H23ClINO4S. The third-order valence-corrected chi connectivity index (χ3v) is 6.66. The minimum absolute atomic E-state index is 0.141. The molecule has 0 unspecified atom stereocenters. The zero-order valence-electron chi connectivity index (χ0n) is 17.5. The lowest BCUT2D eigenvalue weighted by molar-refractivity contribution is -0.124. The SMILES string of the molecule is CCOc1cc(/C=C2/SC(=O)N([C@H](C)CC)C2=O)cc(Cl)c1OCc1ccc(I)cc1. The first-order valence-corrected chi connectivity index (χ1v) is 12.2. The van der Waals surface area contributed by atoms with Gasteiger partial charge in [-0.1, -0.05) is 30.7 Å². The number of ether oxygens (including phenoxy) is 2. The molecule has 0 radical (unpaired) electrons. The van der Waals surface area contributed by atoms with E-state index in [1.165, 1.54) is 4.90 Å². The number of amides is 2. The van der Waals surface area contributed by atoms with Crippen LogP contribution in [0.25, 0.3) is 6.08 Å². The molecule has 0 bridgehead atoms. The minimum Gasteiger partial charge on any atom is -0.490 e. The van der Waals surface area contributed by atoms with Gasteiger partial charge in [-0.3, -0.25) is 14.5 Å². The summed E-state index contributed by atoms with van der Waals surface area (Å²) >= 11 is 9.70. The Morgan fingerprint density at radius 1 is 1.16 bits per heavy atom. The second kappa shape index (κ2) is 10.7. The Balaban J connectivity index is 1.86. The third kappa shape index (κ3) is 5.75. The number of benzene rings is 2. The zero-order chi connectivity index (χ0) is 22.5. The maximum absolute atomic E-state index is 12.7. The fraction of sp³-hybridized carbons (Fsp3) is 0.304. The predicted octanol–water partition coefficient (Wildman–Crippen LogP) is 6.76. The lowest BCUT2D eigenvalue weighted by Crippen LogP contribution is -2.36. The van der Waals surface area contributed by atoms with Crippen LogP contribution in [0.2, 0.25) is 5.02 Å². The lowest BCUT2D eigenvalue weighted by atomic mass is 10.1. The molecule has 8 heteroatoms. The van der Waals surface area contributed by atoms with E-state index in [2.05, 4.69) is 22.6 Å². The van der Waals surface area contributed by atoms with Crippen LogP contribution in [0, 0.1) is 3.57 Å². The standard InChI is InChI=1S/C23H23ClINO4S/c1-4-14(3)26-22(27)20(31-23(26)28)12-16-10-18(24)21(19(11-16)29-5-2)30-13-15-6-8-17(25)9-7-15/h6-12,14H,4-5,13H2,1-3H3/b20-12+/t14-/m1/s1. The predicted molar refractivity (Wildman–Crippen MR) is 134 cm³/mol. The summed E-state index contributed by atoms with van der Waals surface area (Å²) in [6, 6.07) is 11.4. The molecule has 0 aromatic heterocycles. The Kier molecular flexibility index (Phi) is 8.30. The number of imide groups is 1. The molecule has 0 aliphatic carbocycles. The lowest BCUT2D eigenvalue weighted by Gasteiger charge is -2.19. The summed E-state index contributed by atoms with van der Waals surface area (Å²) in [7, 11) is 0. The number of hydrogen-bond acceptors (Lipinski definition) is 5. The van der Waals surface area contributed by atoms with Gasteiger partial charge in [0.1, 0.15) is 6.61 Å². The van der Waals surface area contributed by atoms with Crippen molar-refractivity contribution in [3.8, 4) is 11.5 Å². The Bertz CT molecular complexity index is 1010. The maximum Gasteiger partial charge on any atom is 0.293 e. The van der Waals surface area contributed by atoms with Gasteiger partial charge in [0.2, 0.25) is 0 Å². The van der Waals surface area contributed by atoms with Gasteiger partial charge in [0.25, 0.3) is 11.1 Å². The number of halogens is 2. The van der Waals surface area contributed by atoms with E-state index in [-0.39, 0.29) is 17.2 Å². The zero-order valence-corrected chi connectivity index (χ0v) is 21.2. The minimum atomic E-state index is -0.280. The third-order valence-electron chi connectivity index (χ3n) is 4.78. The molecule has 0 saturated carbocycles. The molecule has 1 aliphatic rings. The Labute approximate surface area is 205 Å². The van der Waals surface area contributed by atoms with Crippen molar-refractivity contribution in [2.24, 2.45) is 0 Å². The van der Waals surface area contributed by atoms with Crippen LogP contribution in [0.3, 0.4) is 0 Å². The van der Waals surface area contributed by atoms with Crippen LogP contribution in [0.1, 0.15) is 38.3 Å². The first-order valence-electron chi connectivity index (χ1n) is 9.94. The van der Waals surface area contributed by atoms with E-state index in [4.69, 9.17) is 21.1 Å². The van der Waals surface area contributed by atoms with Crippen LogP contribution in [0.15, 0.2) is 41.3 Å². The largest absolute Gasteiger partial charge is 0.490 e. The van der Waals surface area contributed by atoms with Gasteiger partial charge in [-0.15, -0.1) is 0 Å². The van der Waals surface area contributed by atoms with Crippen LogP contribution in [-0.2, 0) is 11.4 Å². The van der Waals surface area contributed by atoms with Gasteiger partial charge < -0.3 is 9.47 Å². The van der Waals surface area contributed by atoms with Crippen molar-refractivity contribution >= 4 is 63.2 Å². The smallest absolute Gasteiger partial charge is 0.293 e. The van der Waals surface area contributed by atoms with Crippen LogP contribution in [0.5, 0.6) is 11.5 Å². The van der Waals surface area contributed by atoms with E-state index in [9.17, 15) is 9.59 Å². The summed E-state index contributed by atoms with van der Waals surface area (Å²) in [5, 5.41) is 0.128. The van der Waals surface area contributed by atoms with E-state index in [1.807, 2.05) is 45.0 Å². The van der Waals surface area contributed by atoms with E-state index in [0.29, 0.717) is 46.6 Å². The molecule has 1 heterocycles. The van der Waals surface area contributed by atoms with Crippen molar-refractivity contribution in [3.05, 3.63) is 61.0 Å². The van der Waals surface area contributed by atoms with Crippen molar-refractivity contribution in [2.45, 2.75) is 39.8 Å². The van der Waals surface area contributed by atoms with Crippen molar-refractivity contribution in [1.82, 2.24) is 4.90 Å². The molecule has 1 atom stereocenters. The molecule has 31 heavy (non-hydrogen) atoms. The monoisotopic (exact) mass is 571 g/mol. The van der Waals surface area contributed by atoms with Gasteiger partial charge in [0.15, 0.2) is 11.5 Å². The van der Waals surface area contributed by atoms with Gasteiger partial charge >= 0.3 is 0 Å². The molecule has 2 aromatic carbocycles. The van der Waals surface area contributed by atoms with Crippen LogP contribution < -0.4 is 9.47 Å². The van der Waals surface area contributed by atoms with Crippen LogP contribution in [-0.4, -0.2) is 28.7 Å². The normalized spacial score (nSPS) is 16.2. The summed E-state index contributed by atoms with van der Waals surface area (Å²) in [6.07, 6.45) is 2.38. The Morgan fingerprint density at radius 3 is 2.52 bits per heavy atom. The summed E-state index contributed by atoms with van der Waals surface area (Å²) in [4.78, 5) is 26.6. The highest BCUT2D eigenvalue weighted by Crippen LogP contribution is 2.40. The Hall–Kier alpha value is -1.71. The second-order valence-corrected chi connectivity index (χ2v) is 9.63. The number of hydrogen-bond donors (Lipinski definition) is 0. The van der Waals surface area contributed by atoms with E-state index < -0.39 is 0 Å². The summed E-state index contributed by atoms with van der Waals surface area (Å²) in [6.45, 7) is 6.47. The number of carbonyl (C=O) groups is 2. The molecular weight excluding hydrogens is 549 g/mol. The van der Waals surface area contributed by atoms with E-state index in [0.717, 1.165) is 20.9 Å². The van der Waals surface area contributed by atoms with E-state index in [1.54, 1.807) is 18.2 Å². The summed E-state index contributed by atoms with van der Waals surface area (Å²) < 4.78 is 12.9. The topological polar surface area (TPSA) is 55.8 Å². The average molecular weight is 572 g/mol. The fourth-order valence-corrected chi connectivity index (χ4v) is 4.57. The molecule has 1 saturated heterocycles. The van der Waals surface area contributed by atoms with Crippen molar-refractivity contribution in [3.63, 3.8) is 0 Å². The van der Waals surface area contributed by atoms with Gasteiger partial charge in [0.05, 0.1) is 16.5 Å². The number of thioether (sulfide) groups is 1. The molecule has 5 nitrogen and oxygen atoms in total. The van der Waals surface area contributed by atoms with Crippen molar-refractivity contribution < 1.29 is 19.1 Å². The van der Waals surface area contributed by atoms with Crippen LogP contribution >= 0.6 is 46.0 Å². The second-order valence-electron chi connectivity index (χ2n) is 6.99. The van der Waals surface area contributed by atoms with E-state index >= 15 is 0 Å². The van der Waals surface area contributed by atoms with Gasteiger partial charge in [-0.2, -0.15) is 0 Å². The Morgan fingerprint density at radius 2 is 1.87 bits per heavy atom. The molecule has 3 rings (SSSR count). The van der Waals surface area contributed by atoms with Crippen LogP contribution in [0.4, 0.5) is 4.79 Å². The van der Waals surface area contributed by atoms with Crippen molar-refractivity contribution in [1.29, 1.82) is 0 Å². The highest BCUT2D eigenvalue weighted by atomic mass is 127. The van der Waals surface area contributed by atoms with Gasteiger partial charge in [-0.05, 0) is 96.1 Å². The summed E-state index contributed by atoms with van der Waals surface area (Å²) in [5.41, 5.74) is 1.69. The van der Waals surface area contributed by atoms with Gasteiger partial charge in [-0.25, -0.2) is 0 Å². The number of nitrogens with zero attached hydrogens (tertiary/aromatic N) is 1. The molecule has 1 aliphatic heterocycles.